The van der Waals surface area contributed by atoms with E-state index in [0.29, 0.717) is 19.8 Å². The molecule has 1 aliphatic heterocycles. The quantitative estimate of drug-likeness (QED) is 0.783. The first kappa shape index (κ1) is 11.3. The number of carbonyl (C=O) groups is 1. The van der Waals surface area contributed by atoms with E-state index in [1.165, 1.54) is 0 Å². The van der Waals surface area contributed by atoms with Gasteiger partial charge in [-0.3, -0.25) is 4.79 Å². The number of ketones is 1. The number of hydrogen-bond acceptors (Lipinski definition) is 3. The highest BCUT2D eigenvalue weighted by Crippen LogP contribution is 2.31. The third-order valence-electron chi connectivity index (χ3n) is 3.27. The Morgan fingerprint density at radius 3 is 2.62 bits per heavy atom. The summed E-state index contributed by atoms with van der Waals surface area (Å²) < 4.78 is 5.14. The summed E-state index contributed by atoms with van der Waals surface area (Å²) in [7, 11) is 0. The molecule has 1 aliphatic rings. The molecule has 0 amide bonds. The Bertz CT molecular complexity index is 416. The highest BCUT2D eigenvalue weighted by Gasteiger charge is 2.45. The van der Waals surface area contributed by atoms with Gasteiger partial charge < -0.3 is 10.5 Å². The second-order valence-electron chi connectivity index (χ2n) is 4.62. The molecule has 0 bridgehead atoms. The van der Waals surface area contributed by atoms with Crippen molar-refractivity contribution in [1.82, 2.24) is 0 Å². The van der Waals surface area contributed by atoms with Gasteiger partial charge in [-0.2, -0.15) is 0 Å². The van der Waals surface area contributed by atoms with E-state index in [9.17, 15) is 4.79 Å². The van der Waals surface area contributed by atoms with E-state index in [4.69, 9.17) is 10.5 Å². The van der Waals surface area contributed by atoms with Crippen LogP contribution in [0, 0.1) is 19.3 Å². The van der Waals surface area contributed by atoms with Crippen LogP contribution in [-0.2, 0) is 4.74 Å². The van der Waals surface area contributed by atoms with E-state index in [1.54, 1.807) is 0 Å². The molecule has 2 rings (SSSR count). The minimum absolute atomic E-state index is 0.127. The van der Waals surface area contributed by atoms with Crippen LogP contribution in [0.1, 0.15) is 21.5 Å². The Balaban J connectivity index is 2.37. The third-order valence-corrected chi connectivity index (χ3v) is 3.27. The van der Waals surface area contributed by atoms with E-state index in [-0.39, 0.29) is 5.78 Å². The van der Waals surface area contributed by atoms with Gasteiger partial charge in [-0.05, 0) is 25.5 Å². The number of carbonyl (C=O) groups excluding carboxylic acids is 1. The molecule has 0 aliphatic carbocycles. The predicted octanol–water partition coefficient (Wildman–Crippen LogP) is 1.46. The molecule has 1 aromatic carbocycles. The zero-order valence-corrected chi connectivity index (χ0v) is 9.75. The van der Waals surface area contributed by atoms with Crippen molar-refractivity contribution >= 4 is 5.78 Å². The van der Waals surface area contributed by atoms with Crippen LogP contribution < -0.4 is 5.73 Å². The summed E-state index contributed by atoms with van der Waals surface area (Å²) in [6.07, 6.45) is 0. The fourth-order valence-corrected chi connectivity index (χ4v) is 1.96. The summed E-state index contributed by atoms with van der Waals surface area (Å²) in [6.45, 7) is 5.21. The second kappa shape index (κ2) is 4.00. The summed E-state index contributed by atoms with van der Waals surface area (Å²) >= 11 is 0. The molecule has 1 saturated heterocycles. The zero-order valence-electron chi connectivity index (χ0n) is 9.75. The van der Waals surface area contributed by atoms with E-state index in [0.717, 1.165) is 16.7 Å². The van der Waals surface area contributed by atoms with Crippen LogP contribution in [0.15, 0.2) is 18.2 Å². The Kier molecular flexibility index (Phi) is 2.82. The van der Waals surface area contributed by atoms with Crippen molar-refractivity contribution in [2.45, 2.75) is 13.8 Å². The molecule has 0 saturated carbocycles. The van der Waals surface area contributed by atoms with E-state index in [2.05, 4.69) is 0 Å². The number of nitrogens with two attached hydrogens (primary N) is 1. The maximum Gasteiger partial charge on any atom is 0.175 e. The Morgan fingerprint density at radius 1 is 1.44 bits per heavy atom. The predicted molar refractivity (Wildman–Crippen MR) is 62.6 cm³/mol. The molecule has 1 fully saturated rings. The highest BCUT2D eigenvalue weighted by molar-refractivity contribution is 6.02. The average Bonchev–Trinajstić information content (AvgIpc) is 2.21. The second-order valence-corrected chi connectivity index (χ2v) is 4.62. The molecule has 1 aromatic rings. The molecule has 1 heterocycles. The smallest absolute Gasteiger partial charge is 0.175 e. The summed E-state index contributed by atoms with van der Waals surface area (Å²) in [6, 6.07) is 5.93. The van der Waals surface area contributed by atoms with Crippen LogP contribution >= 0.6 is 0 Å². The van der Waals surface area contributed by atoms with Crippen LogP contribution in [0.5, 0.6) is 0 Å². The first-order valence-corrected chi connectivity index (χ1v) is 5.49. The third kappa shape index (κ3) is 1.66. The maximum absolute atomic E-state index is 12.4. The standard InChI is InChI=1S/C13H17NO2/c1-9-3-4-10(2)11(5-9)12(15)13(6-14)7-16-8-13/h3-5H,6-8,14H2,1-2H3. The maximum atomic E-state index is 12.4. The Morgan fingerprint density at radius 2 is 2.12 bits per heavy atom. The SMILES string of the molecule is Cc1ccc(C)c(C(=O)C2(CN)COC2)c1. The molecule has 3 nitrogen and oxygen atoms in total. The number of rotatable bonds is 3. The lowest BCUT2D eigenvalue weighted by atomic mass is 9.77. The Labute approximate surface area is 95.6 Å². The molecule has 0 radical (unpaired) electrons. The number of benzene rings is 1. The van der Waals surface area contributed by atoms with Crippen molar-refractivity contribution < 1.29 is 9.53 Å². The van der Waals surface area contributed by atoms with Gasteiger partial charge in [0.2, 0.25) is 0 Å². The van der Waals surface area contributed by atoms with Crippen LogP contribution in [0.25, 0.3) is 0 Å². The largest absolute Gasteiger partial charge is 0.379 e. The lowest BCUT2D eigenvalue weighted by molar-refractivity contribution is -0.0816. The van der Waals surface area contributed by atoms with Gasteiger partial charge in [0.1, 0.15) is 0 Å². The molecular formula is C13H17NO2. The minimum atomic E-state index is -0.474. The van der Waals surface area contributed by atoms with Crippen LogP contribution in [0.2, 0.25) is 0 Å². The van der Waals surface area contributed by atoms with Crippen molar-refractivity contribution in [3.63, 3.8) is 0 Å². The molecule has 16 heavy (non-hydrogen) atoms. The summed E-state index contributed by atoms with van der Waals surface area (Å²) in [5, 5.41) is 0. The van der Waals surface area contributed by atoms with Crippen molar-refractivity contribution in [1.29, 1.82) is 0 Å². The zero-order chi connectivity index (χ0) is 11.8. The molecular weight excluding hydrogens is 202 g/mol. The number of ether oxygens (including phenoxy) is 1. The summed E-state index contributed by atoms with van der Waals surface area (Å²) in [5.74, 6) is 0.127. The van der Waals surface area contributed by atoms with Gasteiger partial charge in [0, 0.05) is 12.1 Å². The molecule has 2 N–H and O–H groups in total. The molecule has 0 unspecified atom stereocenters. The lowest BCUT2D eigenvalue weighted by Gasteiger charge is -2.39. The summed E-state index contributed by atoms with van der Waals surface area (Å²) in [4.78, 5) is 12.4. The van der Waals surface area contributed by atoms with Crippen LogP contribution in [-0.4, -0.2) is 25.5 Å². The minimum Gasteiger partial charge on any atom is -0.379 e. The first-order chi connectivity index (χ1) is 7.59. The molecule has 86 valence electrons. The number of hydrogen-bond donors (Lipinski definition) is 1. The Hall–Kier alpha value is -1.19. The van der Waals surface area contributed by atoms with Gasteiger partial charge in [0.25, 0.3) is 0 Å². The van der Waals surface area contributed by atoms with Crippen molar-refractivity contribution in [2.24, 2.45) is 11.1 Å². The fourth-order valence-electron chi connectivity index (χ4n) is 1.96. The van der Waals surface area contributed by atoms with Gasteiger partial charge in [-0.1, -0.05) is 17.7 Å². The van der Waals surface area contributed by atoms with Crippen molar-refractivity contribution in [3.05, 3.63) is 34.9 Å². The van der Waals surface area contributed by atoms with Crippen molar-refractivity contribution in [2.75, 3.05) is 19.8 Å². The molecule has 0 aromatic heterocycles. The fraction of sp³-hybridized carbons (Fsp3) is 0.462. The molecule has 0 atom stereocenters. The van der Waals surface area contributed by atoms with Gasteiger partial charge in [0.05, 0.1) is 18.6 Å². The molecule has 3 heteroatoms. The van der Waals surface area contributed by atoms with Gasteiger partial charge >= 0.3 is 0 Å². The lowest BCUT2D eigenvalue weighted by Crippen LogP contribution is -2.54. The summed E-state index contributed by atoms with van der Waals surface area (Å²) in [5.41, 5.74) is 8.11. The average molecular weight is 219 g/mol. The topological polar surface area (TPSA) is 52.3 Å². The van der Waals surface area contributed by atoms with Gasteiger partial charge in [-0.25, -0.2) is 0 Å². The highest BCUT2D eigenvalue weighted by atomic mass is 16.5. The first-order valence-electron chi connectivity index (χ1n) is 5.49. The monoisotopic (exact) mass is 219 g/mol. The van der Waals surface area contributed by atoms with E-state index >= 15 is 0 Å². The van der Waals surface area contributed by atoms with Gasteiger partial charge in [0.15, 0.2) is 5.78 Å². The number of Topliss-reactive ketones (excluding diaryl/α,β-unsaturated/α-hetero) is 1. The van der Waals surface area contributed by atoms with Gasteiger partial charge in [-0.15, -0.1) is 0 Å². The van der Waals surface area contributed by atoms with Crippen molar-refractivity contribution in [3.8, 4) is 0 Å². The van der Waals surface area contributed by atoms with Crippen LogP contribution in [0.4, 0.5) is 0 Å². The number of aryl methyl sites for hydroxylation is 2. The normalized spacial score (nSPS) is 17.9. The van der Waals surface area contributed by atoms with E-state index < -0.39 is 5.41 Å². The van der Waals surface area contributed by atoms with Crippen LogP contribution in [0.3, 0.4) is 0 Å². The molecule has 0 spiro atoms. The van der Waals surface area contributed by atoms with E-state index in [1.807, 2.05) is 32.0 Å².